The normalized spacial score (nSPS) is 21.3. The SMILES string of the molecule is CCCNCC1CCCCN1c1nncs1. The summed E-state index contributed by atoms with van der Waals surface area (Å²) < 4.78 is 0. The minimum Gasteiger partial charge on any atom is -0.342 e. The number of hydrogen-bond acceptors (Lipinski definition) is 5. The van der Waals surface area contributed by atoms with Crippen LogP contribution in [0.5, 0.6) is 0 Å². The number of aromatic nitrogens is 2. The third kappa shape index (κ3) is 2.92. The molecule has 90 valence electrons. The molecule has 16 heavy (non-hydrogen) atoms. The molecule has 1 aliphatic heterocycles. The first-order chi connectivity index (χ1) is 7.92. The van der Waals surface area contributed by atoms with Gasteiger partial charge in [-0.25, -0.2) is 0 Å². The molecule has 0 radical (unpaired) electrons. The van der Waals surface area contributed by atoms with Gasteiger partial charge in [0.15, 0.2) is 0 Å². The first-order valence-electron chi connectivity index (χ1n) is 6.15. The van der Waals surface area contributed by atoms with Crippen molar-refractivity contribution >= 4 is 16.5 Å². The number of nitrogens with zero attached hydrogens (tertiary/aromatic N) is 3. The Morgan fingerprint density at radius 3 is 3.25 bits per heavy atom. The molecule has 1 aromatic heterocycles. The summed E-state index contributed by atoms with van der Waals surface area (Å²) in [6.45, 7) is 5.53. The lowest BCUT2D eigenvalue weighted by Gasteiger charge is -2.35. The maximum absolute atomic E-state index is 4.19. The van der Waals surface area contributed by atoms with E-state index in [0.717, 1.165) is 24.8 Å². The smallest absolute Gasteiger partial charge is 0.208 e. The molecule has 1 N–H and O–H groups in total. The third-order valence-electron chi connectivity index (χ3n) is 3.03. The van der Waals surface area contributed by atoms with Crippen LogP contribution in [0.3, 0.4) is 0 Å². The van der Waals surface area contributed by atoms with Crippen molar-refractivity contribution in [1.82, 2.24) is 15.5 Å². The lowest BCUT2D eigenvalue weighted by molar-refractivity contribution is 0.434. The van der Waals surface area contributed by atoms with Crippen molar-refractivity contribution in [1.29, 1.82) is 0 Å². The Bertz CT molecular complexity index is 288. The van der Waals surface area contributed by atoms with Gasteiger partial charge in [-0.2, -0.15) is 0 Å². The van der Waals surface area contributed by atoms with Crippen LogP contribution in [-0.4, -0.2) is 35.9 Å². The molecule has 0 aromatic carbocycles. The predicted molar refractivity (Wildman–Crippen MR) is 68.1 cm³/mol. The van der Waals surface area contributed by atoms with Gasteiger partial charge in [-0.3, -0.25) is 0 Å². The maximum Gasteiger partial charge on any atom is 0.208 e. The molecule has 1 aliphatic rings. The molecule has 2 heterocycles. The molecule has 0 bridgehead atoms. The summed E-state index contributed by atoms with van der Waals surface area (Å²) in [7, 11) is 0. The van der Waals surface area contributed by atoms with E-state index in [2.05, 4.69) is 27.3 Å². The average Bonchev–Trinajstić information content (AvgIpc) is 2.83. The summed E-state index contributed by atoms with van der Waals surface area (Å²) in [6.07, 6.45) is 5.10. The van der Waals surface area contributed by atoms with Crippen molar-refractivity contribution in [3.8, 4) is 0 Å². The zero-order valence-electron chi connectivity index (χ0n) is 9.85. The van der Waals surface area contributed by atoms with Gasteiger partial charge in [0, 0.05) is 19.1 Å². The van der Waals surface area contributed by atoms with E-state index in [-0.39, 0.29) is 0 Å². The van der Waals surface area contributed by atoms with Crippen LogP contribution in [0.2, 0.25) is 0 Å². The van der Waals surface area contributed by atoms with E-state index in [4.69, 9.17) is 0 Å². The fourth-order valence-electron chi connectivity index (χ4n) is 2.20. The molecule has 5 heteroatoms. The van der Waals surface area contributed by atoms with Gasteiger partial charge in [0.1, 0.15) is 5.51 Å². The van der Waals surface area contributed by atoms with Crippen molar-refractivity contribution in [2.45, 2.75) is 38.6 Å². The van der Waals surface area contributed by atoms with Crippen LogP contribution in [-0.2, 0) is 0 Å². The van der Waals surface area contributed by atoms with Crippen LogP contribution in [0.25, 0.3) is 0 Å². The number of hydrogen-bond donors (Lipinski definition) is 1. The highest BCUT2D eigenvalue weighted by Gasteiger charge is 2.23. The van der Waals surface area contributed by atoms with E-state index in [1.165, 1.54) is 25.7 Å². The van der Waals surface area contributed by atoms with E-state index in [9.17, 15) is 0 Å². The Kier molecular flexibility index (Phi) is 4.54. The predicted octanol–water partition coefficient (Wildman–Crippen LogP) is 1.90. The molecule has 1 aromatic rings. The second kappa shape index (κ2) is 6.15. The summed E-state index contributed by atoms with van der Waals surface area (Å²) >= 11 is 1.65. The minimum atomic E-state index is 0.605. The van der Waals surface area contributed by atoms with Gasteiger partial charge in [0.05, 0.1) is 0 Å². The Morgan fingerprint density at radius 1 is 1.56 bits per heavy atom. The lowest BCUT2D eigenvalue weighted by atomic mass is 10.0. The van der Waals surface area contributed by atoms with Crippen LogP contribution in [0, 0.1) is 0 Å². The van der Waals surface area contributed by atoms with Crippen molar-refractivity contribution in [2.75, 3.05) is 24.5 Å². The maximum atomic E-state index is 4.19. The van der Waals surface area contributed by atoms with E-state index in [1.807, 2.05) is 5.51 Å². The standard InChI is InChI=1S/C11H20N4S/c1-2-6-12-8-10-5-3-4-7-15(10)11-14-13-9-16-11/h9-10,12H,2-8H2,1H3. The molecule has 1 saturated heterocycles. The van der Waals surface area contributed by atoms with E-state index in [1.54, 1.807) is 11.3 Å². The quantitative estimate of drug-likeness (QED) is 0.798. The third-order valence-corrected chi connectivity index (χ3v) is 3.75. The van der Waals surface area contributed by atoms with Gasteiger partial charge in [0.2, 0.25) is 5.13 Å². The molecule has 0 amide bonds. The molecule has 2 rings (SSSR count). The first-order valence-corrected chi connectivity index (χ1v) is 7.03. The van der Waals surface area contributed by atoms with Crippen LogP contribution in [0.4, 0.5) is 5.13 Å². The summed E-state index contributed by atoms with van der Waals surface area (Å²) in [6, 6.07) is 0.605. The van der Waals surface area contributed by atoms with E-state index in [0.29, 0.717) is 6.04 Å². The molecule has 0 aliphatic carbocycles. The zero-order valence-corrected chi connectivity index (χ0v) is 10.7. The summed E-state index contributed by atoms with van der Waals surface area (Å²) in [5, 5.41) is 12.7. The van der Waals surface area contributed by atoms with Crippen molar-refractivity contribution < 1.29 is 0 Å². The van der Waals surface area contributed by atoms with Crippen LogP contribution >= 0.6 is 11.3 Å². The highest BCUT2D eigenvalue weighted by molar-refractivity contribution is 7.13. The number of anilines is 1. The first kappa shape index (κ1) is 11.8. The van der Waals surface area contributed by atoms with Gasteiger partial charge >= 0.3 is 0 Å². The summed E-state index contributed by atoms with van der Waals surface area (Å²) in [4.78, 5) is 2.42. The Morgan fingerprint density at radius 2 is 2.50 bits per heavy atom. The second-order valence-electron chi connectivity index (χ2n) is 4.27. The lowest BCUT2D eigenvalue weighted by Crippen LogP contribution is -2.45. The van der Waals surface area contributed by atoms with Crippen molar-refractivity contribution in [3.63, 3.8) is 0 Å². The van der Waals surface area contributed by atoms with Gasteiger partial charge in [-0.15, -0.1) is 10.2 Å². The fourth-order valence-corrected chi connectivity index (χ4v) is 2.86. The van der Waals surface area contributed by atoms with Crippen LogP contribution in [0.1, 0.15) is 32.6 Å². The molecule has 1 fully saturated rings. The highest BCUT2D eigenvalue weighted by Crippen LogP contribution is 2.25. The van der Waals surface area contributed by atoms with Crippen LogP contribution in [0.15, 0.2) is 5.51 Å². The van der Waals surface area contributed by atoms with E-state index < -0.39 is 0 Å². The topological polar surface area (TPSA) is 41.0 Å². The molecule has 1 atom stereocenters. The van der Waals surface area contributed by atoms with Crippen molar-refractivity contribution in [3.05, 3.63) is 5.51 Å². The summed E-state index contributed by atoms with van der Waals surface area (Å²) in [5.41, 5.74) is 1.82. The average molecular weight is 240 g/mol. The zero-order chi connectivity index (χ0) is 11.2. The fraction of sp³-hybridized carbons (Fsp3) is 0.818. The molecule has 0 spiro atoms. The molecule has 1 unspecified atom stereocenters. The van der Waals surface area contributed by atoms with Crippen molar-refractivity contribution in [2.24, 2.45) is 0 Å². The van der Waals surface area contributed by atoms with E-state index >= 15 is 0 Å². The number of nitrogens with one attached hydrogen (secondary N) is 1. The molecular formula is C11H20N4S. The monoisotopic (exact) mass is 240 g/mol. The Hall–Kier alpha value is -0.680. The molecule has 4 nitrogen and oxygen atoms in total. The van der Waals surface area contributed by atoms with Gasteiger partial charge in [0.25, 0.3) is 0 Å². The molecule has 0 saturated carbocycles. The van der Waals surface area contributed by atoms with Crippen LogP contribution < -0.4 is 10.2 Å². The number of rotatable bonds is 5. The highest BCUT2D eigenvalue weighted by atomic mass is 32.1. The largest absolute Gasteiger partial charge is 0.342 e. The Balaban J connectivity index is 1.92. The Labute approximate surface area is 101 Å². The van der Waals surface area contributed by atoms with Gasteiger partial charge < -0.3 is 10.2 Å². The molecular weight excluding hydrogens is 220 g/mol. The summed E-state index contributed by atoms with van der Waals surface area (Å²) in [5.74, 6) is 0. The minimum absolute atomic E-state index is 0.605. The second-order valence-corrected chi connectivity index (χ2v) is 5.08. The van der Waals surface area contributed by atoms with Gasteiger partial charge in [-0.05, 0) is 32.2 Å². The van der Waals surface area contributed by atoms with Gasteiger partial charge in [-0.1, -0.05) is 18.3 Å². The number of piperidine rings is 1.